The van der Waals surface area contributed by atoms with Crippen LogP contribution in [0.4, 0.5) is 4.79 Å². The van der Waals surface area contributed by atoms with E-state index in [4.69, 9.17) is 4.74 Å². The Hall–Kier alpha value is -1.93. The fourth-order valence-electron chi connectivity index (χ4n) is 3.20. The summed E-state index contributed by atoms with van der Waals surface area (Å²) in [5.74, 6) is 0.655. The van der Waals surface area contributed by atoms with Crippen molar-refractivity contribution in [2.75, 3.05) is 19.3 Å². The number of nitriles is 1. The van der Waals surface area contributed by atoms with Crippen LogP contribution in [0.15, 0.2) is 29.2 Å². The molecule has 1 fully saturated rings. The maximum atomic E-state index is 12.1. The van der Waals surface area contributed by atoms with Crippen LogP contribution in [-0.2, 0) is 4.74 Å². The van der Waals surface area contributed by atoms with Crippen LogP contribution in [-0.4, -0.2) is 35.9 Å². The lowest BCUT2D eigenvalue weighted by molar-refractivity contribution is 0.0181. The first-order valence-corrected chi connectivity index (χ1v) is 10.8. The average Bonchev–Trinajstić information content (AvgIpc) is 2.64. The Morgan fingerprint density at radius 2 is 2.07 bits per heavy atom. The molecule has 1 aromatic carbocycles. The van der Waals surface area contributed by atoms with Crippen molar-refractivity contribution in [3.63, 3.8) is 0 Å². The largest absolute Gasteiger partial charge is 0.444 e. The number of nitrogens with zero attached hydrogens (tertiary/aromatic N) is 2. The molecule has 5 heteroatoms. The van der Waals surface area contributed by atoms with Gasteiger partial charge in [0.1, 0.15) is 11.7 Å². The zero-order chi connectivity index (χ0) is 19.9. The summed E-state index contributed by atoms with van der Waals surface area (Å²) in [5, 5.41) is 9.21. The Balaban J connectivity index is 1.75. The highest BCUT2D eigenvalue weighted by atomic mass is 32.2. The minimum absolute atomic E-state index is 0.192. The summed E-state index contributed by atoms with van der Waals surface area (Å²) in [6.45, 7) is 7.27. The molecule has 0 bridgehead atoms. The van der Waals surface area contributed by atoms with E-state index < -0.39 is 5.60 Å². The lowest BCUT2D eigenvalue weighted by Crippen LogP contribution is -2.41. The SMILES string of the molecule is CSc1ccc(C=CCCC2CCN(C(=O)OC(C)(C)C)CC2)cc1C#N. The number of hydrogen-bond acceptors (Lipinski definition) is 4. The Morgan fingerprint density at radius 1 is 1.37 bits per heavy atom. The molecule has 4 nitrogen and oxygen atoms in total. The number of likely N-dealkylation sites (tertiary alicyclic amines) is 1. The summed E-state index contributed by atoms with van der Waals surface area (Å²) in [6.07, 6.45) is 10.3. The topological polar surface area (TPSA) is 53.3 Å². The molecule has 0 spiro atoms. The minimum Gasteiger partial charge on any atom is -0.444 e. The second kappa shape index (κ2) is 9.85. The highest BCUT2D eigenvalue weighted by molar-refractivity contribution is 7.98. The zero-order valence-corrected chi connectivity index (χ0v) is 17.6. The van der Waals surface area contributed by atoms with Gasteiger partial charge in [0.05, 0.1) is 5.56 Å². The van der Waals surface area contributed by atoms with Crippen LogP contribution in [0.3, 0.4) is 0 Å². The Kier molecular flexibility index (Phi) is 7.79. The molecule has 1 saturated heterocycles. The molecule has 2 rings (SSSR count). The number of benzene rings is 1. The third kappa shape index (κ3) is 6.95. The molecule has 0 N–H and O–H groups in total. The summed E-state index contributed by atoms with van der Waals surface area (Å²) in [7, 11) is 0. The van der Waals surface area contributed by atoms with Gasteiger partial charge in [-0.15, -0.1) is 11.8 Å². The van der Waals surface area contributed by atoms with Crippen molar-refractivity contribution >= 4 is 23.9 Å². The molecule has 0 saturated carbocycles. The second-order valence-electron chi connectivity index (χ2n) is 7.96. The number of allylic oxidation sites excluding steroid dienone is 1. The monoisotopic (exact) mass is 386 g/mol. The molecule has 0 aliphatic carbocycles. The van der Waals surface area contributed by atoms with Crippen molar-refractivity contribution in [2.24, 2.45) is 5.92 Å². The molecule has 1 amide bonds. The van der Waals surface area contributed by atoms with Gasteiger partial charge in [0.25, 0.3) is 0 Å². The number of carbonyl (C=O) groups excluding carboxylic acids is 1. The van der Waals surface area contributed by atoms with Crippen LogP contribution in [0.1, 0.15) is 57.6 Å². The maximum absolute atomic E-state index is 12.1. The smallest absolute Gasteiger partial charge is 0.410 e. The molecule has 0 aromatic heterocycles. The van der Waals surface area contributed by atoms with Gasteiger partial charge in [-0.2, -0.15) is 5.26 Å². The van der Waals surface area contributed by atoms with Crippen LogP contribution < -0.4 is 0 Å². The summed E-state index contributed by atoms with van der Waals surface area (Å²) in [4.78, 5) is 15.0. The van der Waals surface area contributed by atoms with Gasteiger partial charge in [-0.3, -0.25) is 0 Å². The molecule has 0 unspecified atom stereocenters. The molecule has 27 heavy (non-hydrogen) atoms. The van der Waals surface area contributed by atoms with Crippen molar-refractivity contribution in [1.82, 2.24) is 4.90 Å². The van der Waals surface area contributed by atoms with Gasteiger partial charge < -0.3 is 9.64 Å². The first kappa shape index (κ1) is 21.4. The molecule has 1 aliphatic rings. The molecular formula is C22H30N2O2S. The average molecular weight is 387 g/mol. The number of amides is 1. The first-order valence-electron chi connectivity index (χ1n) is 9.55. The molecule has 1 aromatic rings. The Bertz CT molecular complexity index is 708. The standard InChI is InChI=1S/C22H30N2O2S/c1-22(2,3)26-21(25)24-13-11-17(12-14-24)7-5-6-8-18-9-10-20(27-4)19(15-18)16-23/h6,8-10,15,17H,5,7,11-14H2,1-4H3. The van der Waals surface area contributed by atoms with Crippen LogP contribution in [0.25, 0.3) is 6.08 Å². The number of hydrogen-bond donors (Lipinski definition) is 0. The fourth-order valence-corrected chi connectivity index (χ4v) is 3.73. The third-order valence-electron chi connectivity index (χ3n) is 4.66. The third-order valence-corrected chi connectivity index (χ3v) is 5.46. The van der Waals surface area contributed by atoms with E-state index in [1.807, 2.05) is 44.1 Å². The van der Waals surface area contributed by atoms with Gasteiger partial charge >= 0.3 is 6.09 Å². The molecule has 1 aliphatic heterocycles. The van der Waals surface area contributed by atoms with Crippen molar-refractivity contribution in [3.05, 3.63) is 35.4 Å². The fraction of sp³-hybridized carbons (Fsp3) is 0.545. The van der Waals surface area contributed by atoms with Gasteiger partial charge in [-0.1, -0.05) is 18.2 Å². The van der Waals surface area contributed by atoms with E-state index in [-0.39, 0.29) is 6.09 Å². The van der Waals surface area contributed by atoms with E-state index in [1.165, 1.54) is 0 Å². The van der Waals surface area contributed by atoms with Crippen LogP contribution in [0, 0.1) is 17.2 Å². The summed E-state index contributed by atoms with van der Waals surface area (Å²) < 4.78 is 5.45. The van der Waals surface area contributed by atoms with Gasteiger partial charge in [0.15, 0.2) is 0 Å². The summed E-state index contributed by atoms with van der Waals surface area (Å²) in [6, 6.07) is 8.27. The maximum Gasteiger partial charge on any atom is 0.410 e. The lowest BCUT2D eigenvalue weighted by atomic mass is 9.92. The van der Waals surface area contributed by atoms with E-state index in [9.17, 15) is 10.1 Å². The van der Waals surface area contributed by atoms with E-state index in [0.717, 1.165) is 54.8 Å². The molecule has 1 heterocycles. The molecule has 0 radical (unpaired) electrons. The highest BCUT2D eigenvalue weighted by Crippen LogP contribution is 2.24. The highest BCUT2D eigenvalue weighted by Gasteiger charge is 2.26. The molecular weight excluding hydrogens is 356 g/mol. The van der Waals surface area contributed by atoms with E-state index >= 15 is 0 Å². The predicted octanol–water partition coefficient (Wildman–Crippen LogP) is 5.72. The van der Waals surface area contributed by atoms with Crippen molar-refractivity contribution in [3.8, 4) is 6.07 Å². The van der Waals surface area contributed by atoms with Gasteiger partial charge in [-0.05, 0) is 76.3 Å². The van der Waals surface area contributed by atoms with Crippen LogP contribution in [0.2, 0.25) is 0 Å². The quantitative estimate of drug-likeness (QED) is 0.607. The number of carbonyl (C=O) groups is 1. The summed E-state index contributed by atoms with van der Waals surface area (Å²) >= 11 is 1.60. The number of thioether (sulfide) groups is 1. The first-order chi connectivity index (χ1) is 12.8. The van der Waals surface area contributed by atoms with Gasteiger partial charge in [0, 0.05) is 18.0 Å². The van der Waals surface area contributed by atoms with Gasteiger partial charge in [0.2, 0.25) is 0 Å². The Morgan fingerprint density at radius 3 is 2.67 bits per heavy atom. The van der Waals surface area contributed by atoms with E-state index in [0.29, 0.717) is 5.92 Å². The second-order valence-corrected chi connectivity index (χ2v) is 8.81. The predicted molar refractivity (Wildman–Crippen MR) is 112 cm³/mol. The Labute approximate surface area is 167 Å². The minimum atomic E-state index is -0.432. The van der Waals surface area contributed by atoms with E-state index in [2.05, 4.69) is 24.3 Å². The zero-order valence-electron chi connectivity index (χ0n) is 16.8. The molecule has 0 atom stereocenters. The number of rotatable bonds is 5. The number of ether oxygens (including phenoxy) is 1. The van der Waals surface area contributed by atoms with Crippen molar-refractivity contribution in [1.29, 1.82) is 5.26 Å². The van der Waals surface area contributed by atoms with Gasteiger partial charge in [-0.25, -0.2) is 4.79 Å². The lowest BCUT2D eigenvalue weighted by Gasteiger charge is -2.33. The molecule has 146 valence electrons. The van der Waals surface area contributed by atoms with Crippen molar-refractivity contribution in [2.45, 2.75) is 57.0 Å². The van der Waals surface area contributed by atoms with Crippen LogP contribution >= 0.6 is 11.8 Å². The van der Waals surface area contributed by atoms with Crippen LogP contribution in [0.5, 0.6) is 0 Å². The summed E-state index contributed by atoms with van der Waals surface area (Å²) in [5.41, 5.74) is 1.38. The number of piperidine rings is 1. The normalized spacial score (nSPS) is 15.7. The van der Waals surface area contributed by atoms with Crippen molar-refractivity contribution < 1.29 is 9.53 Å². The van der Waals surface area contributed by atoms with E-state index in [1.54, 1.807) is 11.8 Å².